The van der Waals surface area contributed by atoms with Crippen LogP contribution in [0, 0.1) is 5.95 Å². The van der Waals surface area contributed by atoms with Gasteiger partial charge >= 0.3 is 6.09 Å². The molecule has 14 heteroatoms. The van der Waals surface area contributed by atoms with Gasteiger partial charge in [-0.25, -0.2) is 14.8 Å². The molecule has 12 nitrogen and oxygen atoms in total. The fraction of sp³-hybridized carbons (Fsp3) is 0.160. The standard InChI is InChI=1S/C25H19ClFN9O3/c26-15-5-8-19(36-12-28-33-34-36)17(9-15)18-10-21(37)35(24(30-18)14-1-2-14)11-20-31-22(23(27)32-20)13-3-6-16(7-4-13)29-25(38)39/h3-10,12,14,29H,1-2,11H2,(H,31,32)(H,38,39). The fourth-order valence-corrected chi connectivity index (χ4v) is 4.49. The Bertz CT molecular complexity index is 1750. The van der Waals surface area contributed by atoms with E-state index in [-0.39, 0.29) is 29.5 Å². The first-order chi connectivity index (χ1) is 18.9. The molecule has 0 radical (unpaired) electrons. The number of benzene rings is 2. The first-order valence-electron chi connectivity index (χ1n) is 11.9. The molecular formula is C25H19ClFN9O3. The van der Waals surface area contributed by atoms with Crippen LogP contribution in [-0.4, -0.2) is 50.9 Å². The maximum absolute atomic E-state index is 14.8. The van der Waals surface area contributed by atoms with E-state index >= 15 is 0 Å². The number of tetrazole rings is 1. The monoisotopic (exact) mass is 547 g/mol. The molecule has 1 amide bonds. The van der Waals surface area contributed by atoms with E-state index < -0.39 is 12.0 Å². The smallest absolute Gasteiger partial charge is 0.409 e. The molecule has 3 heterocycles. The highest BCUT2D eigenvalue weighted by Gasteiger charge is 2.30. The normalized spacial score (nSPS) is 13.0. The second-order valence-corrected chi connectivity index (χ2v) is 9.41. The number of anilines is 1. The number of carboxylic acid groups (broad SMARTS) is 1. The predicted octanol–water partition coefficient (Wildman–Crippen LogP) is 4.08. The van der Waals surface area contributed by atoms with Crippen molar-refractivity contribution in [2.75, 3.05) is 5.32 Å². The summed E-state index contributed by atoms with van der Waals surface area (Å²) in [5.41, 5.74) is 2.25. The molecule has 0 unspecified atom stereocenters. The summed E-state index contributed by atoms with van der Waals surface area (Å²) in [5, 5.41) is 22.8. The zero-order chi connectivity index (χ0) is 27.1. The van der Waals surface area contributed by atoms with E-state index in [2.05, 4.69) is 30.8 Å². The number of nitrogens with zero attached hydrogens (tertiary/aromatic N) is 7. The molecule has 1 aliphatic rings. The first kappa shape index (κ1) is 24.4. The molecule has 1 fully saturated rings. The lowest BCUT2D eigenvalue weighted by atomic mass is 10.1. The number of carbonyl (C=O) groups is 1. The number of H-pyrrole nitrogens is 1. The van der Waals surface area contributed by atoms with Crippen molar-refractivity contribution in [3.8, 4) is 28.2 Å². The Morgan fingerprint density at radius 1 is 1.15 bits per heavy atom. The van der Waals surface area contributed by atoms with Gasteiger partial charge in [-0.1, -0.05) is 23.7 Å². The van der Waals surface area contributed by atoms with Crippen LogP contribution in [0.25, 0.3) is 28.2 Å². The molecule has 1 aliphatic carbocycles. The molecular weight excluding hydrogens is 529 g/mol. The largest absolute Gasteiger partial charge is 0.465 e. The SMILES string of the molecule is O=C(O)Nc1ccc(-c2[nH]c(Cn3c(C4CC4)nc(-c4cc(Cl)ccc4-n4cnnn4)cc3=O)nc2F)cc1. The van der Waals surface area contributed by atoms with Gasteiger partial charge in [0.15, 0.2) is 0 Å². The van der Waals surface area contributed by atoms with Gasteiger partial charge in [0.05, 0.1) is 17.9 Å². The van der Waals surface area contributed by atoms with E-state index in [4.69, 9.17) is 21.7 Å². The molecule has 39 heavy (non-hydrogen) atoms. The summed E-state index contributed by atoms with van der Waals surface area (Å²) >= 11 is 6.27. The molecule has 3 N–H and O–H groups in total. The lowest BCUT2D eigenvalue weighted by Crippen LogP contribution is -2.26. The van der Waals surface area contributed by atoms with Crippen molar-refractivity contribution in [2.45, 2.75) is 25.3 Å². The van der Waals surface area contributed by atoms with E-state index in [0.717, 1.165) is 12.8 Å². The zero-order valence-corrected chi connectivity index (χ0v) is 20.8. The maximum atomic E-state index is 14.8. The van der Waals surface area contributed by atoms with Crippen LogP contribution in [0.15, 0.2) is 59.7 Å². The Hall–Kier alpha value is -4.91. The number of nitrogens with one attached hydrogen (secondary N) is 2. The molecule has 1 saturated carbocycles. The fourth-order valence-electron chi connectivity index (χ4n) is 4.32. The number of aromatic amines is 1. The Kier molecular flexibility index (Phi) is 6.11. The van der Waals surface area contributed by atoms with Gasteiger partial charge in [0, 0.05) is 33.8 Å². The lowest BCUT2D eigenvalue weighted by molar-refractivity contribution is 0.209. The Balaban J connectivity index is 1.35. The summed E-state index contributed by atoms with van der Waals surface area (Å²) in [6.45, 7) is -0.0110. The highest BCUT2D eigenvalue weighted by Crippen LogP contribution is 2.40. The van der Waals surface area contributed by atoms with E-state index in [9.17, 15) is 14.0 Å². The first-order valence-corrected chi connectivity index (χ1v) is 12.2. The minimum absolute atomic E-state index is 0.0110. The Morgan fingerprint density at radius 2 is 1.95 bits per heavy atom. The number of amides is 1. The molecule has 0 bridgehead atoms. The molecule has 0 aliphatic heterocycles. The van der Waals surface area contributed by atoms with Gasteiger partial charge in [-0.05, 0) is 53.6 Å². The van der Waals surface area contributed by atoms with E-state index in [1.807, 2.05) is 0 Å². The van der Waals surface area contributed by atoms with Crippen LogP contribution in [0.3, 0.4) is 0 Å². The number of imidazole rings is 1. The minimum Gasteiger partial charge on any atom is -0.465 e. The number of hydrogen-bond donors (Lipinski definition) is 3. The number of rotatable bonds is 7. The molecule has 5 aromatic rings. The minimum atomic E-state index is -1.20. The molecule has 6 rings (SSSR count). The summed E-state index contributed by atoms with van der Waals surface area (Å²) in [6, 6.07) is 12.7. The van der Waals surface area contributed by atoms with Crippen LogP contribution in [0.5, 0.6) is 0 Å². The van der Waals surface area contributed by atoms with Crippen LogP contribution in [0.2, 0.25) is 5.02 Å². The van der Waals surface area contributed by atoms with Crippen molar-refractivity contribution in [1.29, 1.82) is 0 Å². The molecule has 2 aromatic carbocycles. The van der Waals surface area contributed by atoms with Crippen LogP contribution in [0.4, 0.5) is 14.9 Å². The molecule has 0 spiro atoms. The molecule has 0 saturated heterocycles. The Labute approximate surface area is 224 Å². The average molecular weight is 548 g/mol. The summed E-state index contributed by atoms with van der Waals surface area (Å²) in [4.78, 5) is 36.0. The lowest BCUT2D eigenvalue weighted by Gasteiger charge is -2.14. The van der Waals surface area contributed by atoms with Crippen molar-refractivity contribution in [3.05, 3.63) is 87.8 Å². The summed E-state index contributed by atoms with van der Waals surface area (Å²) in [5.74, 6) is 0.162. The van der Waals surface area contributed by atoms with Crippen molar-refractivity contribution < 1.29 is 14.3 Å². The highest BCUT2D eigenvalue weighted by molar-refractivity contribution is 6.31. The second-order valence-electron chi connectivity index (χ2n) is 8.97. The third kappa shape index (κ3) is 4.99. The number of hydrogen-bond acceptors (Lipinski definition) is 7. The third-order valence-electron chi connectivity index (χ3n) is 6.25. The second kappa shape index (κ2) is 9.76. The van der Waals surface area contributed by atoms with Crippen LogP contribution in [0.1, 0.15) is 30.4 Å². The summed E-state index contributed by atoms with van der Waals surface area (Å²) < 4.78 is 17.8. The van der Waals surface area contributed by atoms with Gasteiger partial charge in [-0.3, -0.25) is 14.7 Å². The van der Waals surface area contributed by atoms with Gasteiger partial charge < -0.3 is 10.1 Å². The molecule has 3 aromatic heterocycles. The van der Waals surface area contributed by atoms with Gasteiger partial charge in [0.2, 0.25) is 5.95 Å². The maximum Gasteiger partial charge on any atom is 0.409 e. The van der Waals surface area contributed by atoms with Crippen molar-refractivity contribution in [3.63, 3.8) is 0 Å². The van der Waals surface area contributed by atoms with Crippen LogP contribution >= 0.6 is 11.6 Å². The summed E-state index contributed by atoms with van der Waals surface area (Å²) in [6.07, 6.45) is 1.99. The van der Waals surface area contributed by atoms with E-state index in [0.29, 0.717) is 39.0 Å². The zero-order valence-electron chi connectivity index (χ0n) is 20.0. The molecule has 196 valence electrons. The molecule has 0 atom stereocenters. The highest BCUT2D eigenvalue weighted by atomic mass is 35.5. The van der Waals surface area contributed by atoms with E-state index in [1.54, 1.807) is 30.3 Å². The summed E-state index contributed by atoms with van der Waals surface area (Å²) in [7, 11) is 0. The Morgan fingerprint density at radius 3 is 2.64 bits per heavy atom. The van der Waals surface area contributed by atoms with Gasteiger partial charge in [0.25, 0.3) is 5.56 Å². The van der Waals surface area contributed by atoms with Gasteiger partial charge in [-0.15, -0.1) is 5.10 Å². The van der Waals surface area contributed by atoms with E-state index in [1.165, 1.54) is 33.8 Å². The number of aromatic nitrogens is 8. The van der Waals surface area contributed by atoms with Gasteiger partial charge in [0.1, 0.15) is 23.7 Å². The van der Waals surface area contributed by atoms with Crippen molar-refractivity contribution in [2.24, 2.45) is 0 Å². The number of halogens is 2. The van der Waals surface area contributed by atoms with Gasteiger partial charge in [-0.2, -0.15) is 9.07 Å². The van der Waals surface area contributed by atoms with Crippen molar-refractivity contribution >= 4 is 23.4 Å². The van der Waals surface area contributed by atoms with Crippen molar-refractivity contribution in [1.82, 2.24) is 39.7 Å². The van der Waals surface area contributed by atoms with Crippen LogP contribution < -0.4 is 10.9 Å². The van der Waals surface area contributed by atoms with Crippen LogP contribution in [-0.2, 0) is 6.54 Å². The predicted molar refractivity (Wildman–Crippen MR) is 138 cm³/mol. The quantitative estimate of drug-likeness (QED) is 0.275. The third-order valence-corrected chi connectivity index (χ3v) is 6.49. The topological polar surface area (TPSA) is 156 Å². The average Bonchev–Trinajstić information content (AvgIpc) is 3.48.